The molecule has 0 unspecified atom stereocenters. The molecule has 7 heteroatoms. The number of hydrogen-bond donors (Lipinski definition) is 2. The van der Waals surface area contributed by atoms with E-state index in [0.717, 1.165) is 12.8 Å². The third-order valence-electron chi connectivity index (χ3n) is 5.78. The first-order valence-electron chi connectivity index (χ1n) is 12.7. The lowest BCUT2D eigenvalue weighted by molar-refractivity contribution is -0.121. The quantitative estimate of drug-likeness (QED) is 0.104. The van der Waals surface area contributed by atoms with Gasteiger partial charge < -0.3 is 10.6 Å². The minimum absolute atomic E-state index is 0.129. The van der Waals surface area contributed by atoms with Crippen LogP contribution in [-0.2, 0) is 4.79 Å². The van der Waals surface area contributed by atoms with E-state index in [4.69, 9.17) is 46.4 Å². The van der Waals surface area contributed by atoms with Crippen LogP contribution in [0.5, 0.6) is 0 Å². The molecule has 1 rings (SSSR count). The molecule has 0 fully saturated rings. The van der Waals surface area contributed by atoms with Crippen molar-refractivity contribution in [3.05, 3.63) is 29.3 Å². The molecule has 0 aromatic heterocycles. The Hall–Kier alpha value is -0.350. The van der Waals surface area contributed by atoms with Gasteiger partial charge in [0, 0.05) is 17.1 Å². The fourth-order valence-corrected chi connectivity index (χ4v) is 4.35. The summed E-state index contributed by atoms with van der Waals surface area (Å²) >= 11 is 24.2. The molecule has 0 aliphatic rings. The standard InChI is InChI=1S/C26H42Cl4N2O/c1-2-3-4-5-6-7-8-9-10-11-12-13-14-15-16-20-24(33)32-25(26(28,29)30)31-23-19-17-18-22(27)21-23/h17-19,21,25,31H,2-16,20H2,1H3,(H,32,33)/t25-/m1/s1. The van der Waals surface area contributed by atoms with Crippen LogP contribution in [0.2, 0.25) is 5.02 Å². The number of hydrogen-bond acceptors (Lipinski definition) is 2. The van der Waals surface area contributed by atoms with Crippen LogP contribution < -0.4 is 10.6 Å². The molecule has 33 heavy (non-hydrogen) atoms. The lowest BCUT2D eigenvalue weighted by Gasteiger charge is -2.27. The zero-order valence-corrected chi connectivity index (χ0v) is 23.1. The van der Waals surface area contributed by atoms with Gasteiger partial charge >= 0.3 is 0 Å². The number of benzene rings is 1. The molecular weight excluding hydrogens is 498 g/mol. The van der Waals surface area contributed by atoms with E-state index in [0.29, 0.717) is 17.1 Å². The maximum absolute atomic E-state index is 12.3. The second-order valence-electron chi connectivity index (χ2n) is 8.90. The topological polar surface area (TPSA) is 41.1 Å². The molecule has 2 N–H and O–H groups in total. The summed E-state index contributed by atoms with van der Waals surface area (Å²) in [7, 11) is 0. The van der Waals surface area contributed by atoms with Crippen molar-refractivity contribution in [2.24, 2.45) is 0 Å². The number of alkyl halides is 3. The third kappa shape index (κ3) is 16.8. The summed E-state index contributed by atoms with van der Waals surface area (Å²) in [5, 5.41) is 6.38. The van der Waals surface area contributed by atoms with Gasteiger partial charge in [0.05, 0.1) is 0 Å². The molecule has 0 aliphatic heterocycles. The van der Waals surface area contributed by atoms with Crippen molar-refractivity contribution in [3.63, 3.8) is 0 Å². The van der Waals surface area contributed by atoms with Crippen LogP contribution in [0.15, 0.2) is 24.3 Å². The highest BCUT2D eigenvalue weighted by Crippen LogP contribution is 2.31. The van der Waals surface area contributed by atoms with Gasteiger partial charge in [-0.15, -0.1) is 0 Å². The maximum atomic E-state index is 12.3. The predicted octanol–water partition coefficient (Wildman–Crippen LogP) is 9.83. The third-order valence-corrected chi connectivity index (χ3v) is 6.67. The van der Waals surface area contributed by atoms with Crippen LogP contribution in [0, 0.1) is 0 Å². The highest BCUT2D eigenvalue weighted by molar-refractivity contribution is 6.68. The molecule has 1 amide bonds. The SMILES string of the molecule is CCCCCCCCCCCCCCCCCC(=O)N[C@@H](Nc1cccc(Cl)c1)C(Cl)(Cl)Cl. The summed E-state index contributed by atoms with van der Waals surface area (Å²) in [6.07, 6.45) is 19.0. The van der Waals surface area contributed by atoms with Crippen LogP contribution in [0.4, 0.5) is 5.69 Å². The van der Waals surface area contributed by atoms with E-state index in [1.807, 2.05) is 0 Å². The predicted molar refractivity (Wildman–Crippen MR) is 147 cm³/mol. The second-order valence-corrected chi connectivity index (χ2v) is 11.7. The van der Waals surface area contributed by atoms with Crippen LogP contribution in [0.1, 0.15) is 110 Å². The molecule has 0 bridgehead atoms. The summed E-state index contributed by atoms with van der Waals surface area (Å²) in [6, 6.07) is 7.06. The van der Waals surface area contributed by atoms with Gasteiger partial charge in [-0.1, -0.05) is 149 Å². The number of rotatable bonds is 19. The summed E-state index contributed by atoms with van der Waals surface area (Å²) in [5.74, 6) is -0.129. The molecule has 0 saturated carbocycles. The van der Waals surface area contributed by atoms with Crippen LogP contribution >= 0.6 is 46.4 Å². The number of amides is 1. The first-order valence-corrected chi connectivity index (χ1v) is 14.2. The van der Waals surface area contributed by atoms with Crippen molar-refractivity contribution in [3.8, 4) is 0 Å². The van der Waals surface area contributed by atoms with Crippen molar-refractivity contribution in [2.75, 3.05) is 5.32 Å². The van der Waals surface area contributed by atoms with Crippen LogP contribution in [0.25, 0.3) is 0 Å². The second kappa shape index (κ2) is 18.9. The minimum Gasteiger partial charge on any atom is -0.362 e. The molecule has 0 heterocycles. The lowest BCUT2D eigenvalue weighted by atomic mass is 10.0. The summed E-state index contributed by atoms with van der Waals surface area (Å²) < 4.78 is -1.69. The fraction of sp³-hybridized carbons (Fsp3) is 0.731. The van der Waals surface area contributed by atoms with E-state index < -0.39 is 9.96 Å². The Morgan fingerprint density at radius 1 is 0.818 bits per heavy atom. The summed E-state index contributed by atoms with van der Waals surface area (Å²) in [5.41, 5.74) is 0.672. The molecule has 190 valence electrons. The van der Waals surface area contributed by atoms with Gasteiger partial charge in [-0.25, -0.2) is 0 Å². The number of halogens is 4. The number of nitrogens with one attached hydrogen (secondary N) is 2. The first kappa shape index (κ1) is 30.7. The zero-order valence-electron chi connectivity index (χ0n) is 20.1. The van der Waals surface area contributed by atoms with E-state index in [1.54, 1.807) is 24.3 Å². The zero-order chi connectivity index (χ0) is 24.4. The van der Waals surface area contributed by atoms with Crippen molar-refractivity contribution in [1.29, 1.82) is 0 Å². The number of carbonyl (C=O) groups is 1. The number of carbonyl (C=O) groups excluding carboxylic acids is 1. The first-order chi connectivity index (χ1) is 15.8. The molecule has 0 radical (unpaired) electrons. The average Bonchev–Trinajstić information content (AvgIpc) is 2.75. The molecule has 0 spiro atoms. The monoisotopic (exact) mass is 538 g/mol. The highest BCUT2D eigenvalue weighted by Gasteiger charge is 2.33. The van der Waals surface area contributed by atoms with Gasteiger partial charge in [0.2, 0.25) is 9.70 Å². The molecular formula is C26H42Cl4N2O. The van der Waals surface area contributed by atoms with E-state index in [-0.39, 0.29) is 5.91 Å². The Bertz CT molecular complexity index is 637. The Labute approximate surface area is 221 Å². The number of anilines is 1. The van der Waals surface area contributed by atoms with E-state index in [2.05, 4.69) is 17.6 Å². The van der Waals surface area contributed by atoms with E-state index in [1.165, 1.54) is 83.5 Å². The van der Waals surface area contributed by atoms with Gasteiger partial charge in [-0.05, 0) is 24.6 Å². The Balaban J connectivity index is 2.06. The Morgan fingerprint density at radius 3 is 1.76 bits per heavy atom. The smallest absolute Gasteiger partial charge is 0.228 e. The molecule has 1 aromatic rings. The highest BCUT2D eigenvalue weighted by atomic mass is 35.6. The largest absolute Gasteiger partial charge is 0.362 e. The summed E-state index contributed by atoms with van der Waals surface area (Å²) in [4.78, 5) is 12.3. The lowest BCUT2D eigenvalue weighted by Crippen LogP contribution is -2.49. The Morgan fingerprint density at radius 2 is 1.30 bits per heavy atom. The van der Waals surface area contributed by atoms with Gasteiger partial charge in [-0.2, -0.15) is 0 Å². The van der Waals surface area contributed by atoms with E-state index in [9.17, 15) is 4.79 Å². The van der Waals surface area contributed by atoms with Gasteiger partial charge in [0.25, 0.3) is 0 Å². The Kier molecular flexibility index (Phi) is 17.6. The fourth-order valence-electron chi connectivity index (χ4n) is 3.83. The average molecular weight is 540 g/mol. The minimum atomic E-state index is -1.69. The number of unbranched alkanes of at least 4 members (excludes halogenated alkanes) is 14. The normalized spacial score (nSPS) is 12.5. The van der Waals surface area contributed by atoms with Crippen LogP contribution in [0.3, 0.4) is 0 Å². The summed E-state index contributed by atoms with van der Waals surface area (Å²) in [6.45, 7) is 2.27. The van der Waals surface area contributed by atoms with Gasteiger partial charge in [0.15, 0.2) is 0 Å². The molecule has 1 atom stereocenters. The molecule has 1 aromatic carbocycles. The molecule has 0 saturated heterocycles. The van der Waals surface area contributed by atoms with Crippen molar-refractivity contribution in [2.45, 2.75) is 120 Å². The van der Waals surface area contributed by atoms with Gasteiger partial charge in [0.1, 0.15) is 6.17 Å². The van der Waals surface area contributed by atoms with Crippen LogP contribution in [-0.4, -0.2) is 15.9 Å². The van der Waals surface area contributed by atoms with E-state index >= 15 is 0 Å². The van der Waals surface area contributed by atoms with Gasteiger partial charge in [-0.3, -0.25) is 4.79 Å². The molecule has 3 nitrogen and oxygen atoms in total. The maximum Gasteiger partial charge on any atom is 0.228 e. The van der Waals surface area contributed by atoms with Crippen molar-refractivity contribution >= 4 is 58.0 Å². The molecule has 0 aliphatic carbocycles. The van der Waals surface area contributed by atoms with Crippen molar-refractivity contribution in [1.82, 2.24) is 5.32 Å². The van der Waals surface area contributed by atoms with Crippen molar-refractivity contribution < 1.29 is 4.79 Å².